The molecule has 1 aromatic carbocycles. The predicted molar refractivity (Wildman–Crippen MR) is 101 cm³/mol. The van der Waals surface area contributed by atoms with Crippen LogP contribution in [0.1, 0.15) is 17.0 Å². The minimum Gasteiger partial charge on any atom is -0.361 e. The van der Waals surface area contributed by atoms with E-state index in [0.717, 1.165) is 5.56 Å². The lowest BCUT2D eigenvalue weighted by Crippen LogP contribution is -2.30. The average Bonchev–Trinajstić information content (AvgIpc) is 2.98. The van der Waals surface area contributed by atoms with Gasteiger partial charge in [0.05, 0.1) is 12.2 Å². The molecule has 0 aliphatic heterocycles. The summed E-state index contributed by atoms with van der Waals surface area (Å²) in [4.78, 5) is 12.7. The summed E-state index contributed by atoms with van der Waals surface area (Å²) >= 11 is 5.88. The van der Waals surface area contributed by atoms with Crippen LogP contribution in [0.2, 0.25) is 5.02 Å². The van der Waals surface area contributed by atoms with Gasteiger partial charge < -0.3 is 14.4 Å². The molecule has 0 spiro atoms. The van der Waals surface area contributed by atoms with Crippen molar-refractivity contribution in [2.75, 3.05) is 5.32 Å². The fraction of sp³-hybridized carbons (Fsp3) is 0.263. The van der Waals surface area contributed by atoms with Crippen molar-refractivity contribution < 1.29 is 17.7 Å². The first kappa shape index (κ1) is 20.0. The molecule has 28 heavy (non-hydrogen) atoms. The van der Waals surface area contributed by atoms with E-state index in [4.69, 9.17) is 16.1 Å². The molecule has 0 aliphatic carbocycles. The van der Waals surface area contributed by atoms with E-state index in [1.165, 1.54) is 10.6 Å². The lowest BCUT2D eigenvalue weighted by molar-refractivity contribution is 0.0650. The minimum absolute atomic E-state index is 0.146. The van der Waals surface area contributed by atoms with Gasteiger partial charge in [0.1, 0.15) is 11.4 Å². The molecule has 3 aromatic rings. The van der Waals surface area contributed by atoms with Crippen LogP contribution >= 0.6 is 11.6 Å². The highest BCUT2D eigenvalue weighted by molar-refractivity contribution is 6.30. The molecule has 1 unspecified atom stereocenters. The quantitative estimate of drug-likeness (QED) is 0.592. The van der Waals surface area contributed by atoms with E-state index in [-0.39, 0.29) is 12.2 Å². The molecule has 0 fully saturated rings. The summed E-state index contributed by atoms with van der Waals surface area (Å²) in [5.41, 5.74) is 1.52. The molecular formula is C19H17ClF3N3O2. The Morgan fingerprint density at radius 2 is 1.89 bits per heavy atom. The normalized spacial score (nSPS) is 12.4. The Morgan fingerprint density at radius 1 is 1.21 bits per heavy atom. The number of pyridine rings is 1. The largest absolute Gasteiger partial charge is 0.361 e. The Hall–Kier alpha value is -2.74. The van der Waals surface area contributed by atoms with E-state index in [1.54, 1.807) is 44.3 Å². The van der Waals surface area contributed by atoms with Crippen LogP contribution < -0.4 is 10.9 Å². The van der Waals surface area contributed by atoms with Gasteiger partial charge in [-0.25, -0.2) is 13.2 Å². The molecule has 3 rings (SSSR count). The second-order valence-electron chi connectivity index (χ2n) is 6.28. The van der Waals surface area contributed by atoms with Gasteiger partial charge in [0.15, 0.2) is 0 Å². The first-order valence-electron chi connectivity index (χ1n) is 8.37. The molecular weight excluding hydrogens is 395 g/mol. The number of benzene rings is 1. The molecule has 0 radical (unpaired) electrons. The van der Waals surface area contributed by atoms with E-state index in [0.29, 0.717) is 27.6 Å². The van der Waals surface area contributed by atoms with Crippen LogP contribution in [0, 0.1) is 13.8 Å². The van der Waals surface area contributed by atoms with Crippen LogP contribution in [-0.4, -0.2) is 22.4 Å². The molecule has 2 heterocycles. The number of aromatic nitrogens is 2. The van der Waals surface area contributed by atoms with Crippen molar-refractivity contribution >= 4 is 17.3 Å². The third-order valence-corrected chi connectivity index (χ3v) is 4.44. The minimum atomic E-state index is -3.27. The van der Waals surface area contributed by atoms with Crippen molar-refractivity contribution in [1.29, 1.82) is 0 Å². The molecule has 1 atom stereocenters. The number of anilines is 1. The van der Waals surface area contributed by atoms with Gasteiger partial charge in [-0.3, -0.25) is 4.79 Å². The maximum Gasteiger partial charge on any atom is 0.287 e. The summed E-state index contributed by atoms with van der Waals surface area (Å²) in [5.74, 6) is 0.491. The van der Waals surface area contributed by atoms with Crippen molar-refractivity contribution in [3.63, 3.8) is 0 Å². The number of hydrogen-bond donors (Lipinski definition) is 1. The second kappa shape index (κ2) is 8.10. The van der Waals surface area contributed by atoms with Crippen LogP contribution in [0.3, 0.4) is 0 Å². The highest BCUT2D eigenvalue weighted by atomic mass is 35.5. The Balaban J connectivity index is 2.10. The number of aryl methyl sites for hydroxylation is 2. The number of nitrogens with zero attached hydrogens (tertiary/aromatic N) is 2. The summed E-state index contributed by atoms with van der Waals surface area (Å²) in [7, 11) is 0. The number of rotatable bonds is 6. The monoisotopic (exact) mass is 411 g/mol. The third-order valence-electron chi connectivity index (χ3n) is 4.19. The summed E-state index contributed by atoms with van der Waals surface area (Å²) in [6.07, 6.45) is -4.38. The number of halogens is 4. The van der Waals surface area contributed by atoms with Crippen molar-refractivity contribution in [3.8, 4) is 11.1 Å². The smallest absolute Gasteiger partial charge is 0.287 e. The number of alkyl halides is 3. The summed E-state index contributed by atoms with van der Waals surface area (Å²) in [6.45, 7) is 3.55. The molecule has 2 aromatic heterocycles. The summed E-state index contributed by atoms with van der Waals surface area (Å²) in [6, 6.07) is 8.15. The van der Waals surface area contributed by atoms with Gasteiger partial charge in [-0.1, -0.05) is 28.9 Å². The van der Waals surface area contributed by atoms with Crippen LogP contribution in [0.5, 0.6) is 0 Å². The first-order chi connectivity index (χ1) is 13.3. The van der Waals surface area contributed by atoms with Gasteiger partial charge in [0, 0.05) is 22.3 Å². The summed E-state index contributed by atoms with van der Waals surface area (Å²) < 4.78 is 45.3. The standard InChI is InChI=1S/C19H17ClF3N3O2/c1-10-16(11(2)28-25-10)13-7-15(24-18(23)17(21)22)19(27)26(9-13)8-12-3-5-14(20)6-4-12/h3-7,9,17-18,24H,8H2,1-2H3. The van der Waals surface area contributed by atoms with Crippen molar-refractivity contribution in [3.05, 3.63) is 68.9 Å². The van der Waals surface area contributed by atoms with Gasteiger partial charge in [-0.2, -0.15) is 0 Å². The van der Waals surface area contributed by atoms with Gasteiger partial charge in [-0.15, -0.1) is 0 Å². The SMILES string of the molecule is Cc1noc(C)c1-c1cc(NC(F)C(F)F)c(=O)n(Cc2ccc(Cl)cc2)c1. The fourth-order valence-corrected chi connectivity index (χ4v) is 3.01. The molecule has 1 N–H and O–H groups in total. The van der Waals surface area contributed by atoms with Crippen molar-refractivity contribution in [2.24, 2.45) is 0 Å². The number of hydrogen-bond acceptors (Lipinski definition) is 4. The molecule has 0 saturated heterocycles. The fourth-order valence-electron chi connectivity index (χ4n) is 2.89. The zero-order chi connectivity index (χ0) is 20.4. The Morgan fingerprint density at radius 3 is 2.46 bits per heavy atom. The lowest BCUT2D eigenvalue weighted by atomic mass is 10.1. The molecule has 0 bridgehead atoms. The average molecular weight is 412 g/mol. The van der Waals surface area contributed by atoms with Gasteiger partial charge in [0.2, 0.25) is 6.30 Å². The Labute approximate surface area is 163 Å². The molecule has 5 nitrogen and oxygen atoms in total. The highest BCUT2D eigenvalue weighted by Crippen LogP contribution is 2.28. The van der Waals surface area contributed by atoms with Crippen LogP contribution in [0.4, 0.5) is 18.9 Å². The molecule has 9 heteroatoms. The van der Waals surface area contributed by atoms with Crippen LogP contribution in [0.15, 0.2) is 45.8 Å². The maximum atomic E-state index is 13.6. The zero-order valence-electron chi connectivity index (χ0n) is 15.0. The van der Waals surface area contributed by atoms with Gasteiger partial charge in [-0.05, 0) is 37.6 Å². The zero-order valence-corrected chi connectivity index (χ0v) is 15.8. The van der Waals surface area contributed by atoms with E-state index in [9.17, 15) is 18.0 Å². The van der Waals surface area contributed by atoms with E-state index < -0.39 is 18.3 Å². The summed E-state index contributed by atoms with van der Waals surface area (Å²) in [5, 5.41) is 6.37. The highest BCUT2D eigenvalue weighted by Gasteiger charge is 2.22. The maximum absolute atomic E-state index is 13.6. The molecule has 148 valence electrons. The van der Waals surface area contributed by atoms with Crippen molar-refractivity contribution in [1.82, 2.24) is 9.72 Å². The third kappa shape index (κ3) is 4.22. The van der Waals surface area contributed by atoms with E-state index in [1.807, 2.05) is 5.32 Å². The van der Waals surface area contributed by atoms with Crippen LogP contribution in [-0.2, 0) is 6.54 Å². The van der Waals surface area contributed by atoms with Gasteiger partial charge in [0.25, 0.3) is 12.0 Å². The van der Waals surface area contributed by atoms with E-state index >= 15 is 0 Å². The Kier molecular flexibility index (Phi) is 5.79. The van der Waals surface area contributed by atoms with Gasteiger partial charge >= 0.3 is 0 Å². The number of nitrogens with one attached hydrogen (secondary N) is 1. The topological polar surface area (TPSA) is 60.1 Å². The molecule has 0 amide bonds. The molecule has 0 saturated carbocycles. The molecule has 0 aliphatic rings. The predicted octanol–water partition coefficient (Wildman–Crippen LogP) is 4.79. The van der Waals surface area contributed by atoms with Crippen molar-refractivity contribution in [2.45, 2.75) is 33.1 Å². The van der Waals surface area contributed by atoms with Crippen LogP contribution in [0.25, 0.3) is 11.1 Å². The van der Waals surface area contributed by atoms with E-state index in [2.05, 4.69) is 5.16 Å². The Bertz CT molecular complexity index is 1010. The second-order valence-corrected chi connectivity index (χ2v) is 6.72. The first-order valence-corrected chi connectivity index (χ1v) is 8.75. The lowest BCUT2D eigenvalue weighted by Gasteiger charge is -2.15.